The van der Waals surface area contributed by atoms with Gasteiger partial charge >= 0.3 is 0 Å². The van der Waals surface area contributed by atoms with E-state index in [0.29, 0.717) is 5.92 Å². The molecule has 0 N–H and O–H groups in total. The van der Waals surface area contributed by atoms with Gasteiger partial charge in [0.2, 0.25) is 0 Å². The van der Waals surface area contributed by atoms with Crippen LogP contribution in [0.5, 0.6) is 0 Å². The summed E-state index contributed by atoms with van der Waals surface area (Å²) < 4.78 is 1.09. The minimum atomic E-state index is 0.647. The summed E-state index contributed by atoms with van der Waals surface area (Å²) in [4.78, 5) is 0. The fourth-order valence-electron chi connectivity index (χ4n) is 3.45. The molecule has 0 heterocycles. The SMILES string of the molecule is C=Cc1ccc(C[N+](CC)(CC)Cc2ccc(C(C)CC)cc2)cc1. The Hall–Kier alpha value is -1.86. The first kappa shape index (κ1) is 19.5. The second-order valence-electron chi connectivity index (χ2n) is 7.29. The van der Waals surface area contributed by atoms with E-state index >= 15 is 0 Å². The number of benzene rings is 2. The van der Waals surface area contributed by atoms with E-state index in [2.05, 4.69) is 82.8 Å². The van der Waals surface area contributed by atoms with Gasteiger partial charge in [-0.05, 0) is 37.3 Å². The molecule has 1 heteroatoms. The van der Waals surface area contributed by atoms with Crippen molar-refractivity contribution < 1.29 is 4.48 Å². The van der Waals surface area contributed by atoms with Crippen LogP contribution in [0.1, 0.15) is 62.3 Å². The molecule has 0 aliphatic carbocycles. The highest BCUT2D eigenvalue weighted by atomic mass is 15.3. The molecule has 0 spiro atoms. The molecule has 0 aliphatic heterocycles. The Morgan fingerprint density at radius 2 is 1.32 bits per heavy atom. The zero-order chi connectivity index (χ0) is 18.3. The molecule has 134 valence electrons. The van der Waals surface area contributed by atoms with Crippen molar-refractivity contribution in [1.82, 2.24) is 0 Å². The maximum absolute atomic E-state index is 3.84. The third-order valence-corrected chi connectivity index (χ3v) is 5.75. The third kappa shape index (κ3) is 5.06. The van der Waals surface area contributed by atoms with Crippen molar-refractivity contribution in [2.24, 2.45) is 0 Å². The highest BCUT2D eigenvalue weighted by Crippen LogP contribution is 2.23. The molecular weight excluding hydrogens is 302 g/mol. The van der Waals surface area contributed by atoms with E-state index in [1.807, 2.05) is 6.08 Å². The molecule has 0 saturated carbocycles. The highest BCUT2D eigenvalue weighted by Gasteiger charge is 2.24. The summed E-state index contributed by atoms with van der Waals surface area (Å²) in [5.41, 5.74) is 5.50. The van der Waals surface area contributed by atoms with Crippen LogP contribution in [0.3, 0.4) is 0 Å². The third-order valence-electron chi connectivity index (χ3n) is 5.75. The normalized spacial score (nSPS) is 12.8. The van der Waals surface area contributed by atoms with Crippen LogP contribution in [0.2, 0.25) is 0 Å². The van der Waals surface area contributed by atoms with E-state index in [1.165, 1.54) is 28.7 Å². The molecule has 1 unspecified atom stereocenters. The summed E-state index contributed by atoms with van der Waals surface area (Å²) in [6, 6.07) is 18.2. The summed E-state index contributed by atoms with van der Waals surface area (Å²) in [5.74, 6) is 0.647. The molecule has 0 saturated heterocycles. The van der Waals surface area contributed by atoms with Crippen LogP contribution in [0.4, 0.5) is 0 Å². The first-order valence-electron chi connectivity index (χ1n) is 9.71. The van der Waals surface area contributed by atoms with Crippen LogP contribution in [0.15, 0.2) is 55.1 Å². The topological polar surface area (TPSA) is 0 Å². The molecule has 0 bridgehead atoms. The molecule has 0 radical (unpaired) electrons. The van der Waals surface area contributed by atoms with Crippen molar-refractivity contribution in [3.8, 4) is 0 Å². The van der Waals surface area contributed by atoms with Gasteiger partial charge in [-0.2, -0.15) is 0 Å². The van der Waals surface area contributed by atoms with Gasteiger partial charge in [-0.15, -0.1) is 0 Å². The molecule has 1 atom stereocenters. The van der Waals surface area contributed by atoms with Crippen LogP contribution >= 0.6 is 0 Å². The predicted octanol–water partition coefficient (Wildman–Crippen LogP) is 6.40. The van der Waals surface area contributed by atoms with E-state index in [0.717, 1.165) is 30.7 Å². The highest BCUT2D eigenvalue weighted by molar-refractivity contribution is 5.47. The Morgan fingerprint density at radius 1 is 0.840 bits per heavy atom. The minimum absolute atomic E-state index is 0.647. The van der Waals surface area contributed by atoms with Gasteiger partial charge in [0.15, 0.2) is 0 Å². The lowest BCUT2D eigenvalue weighted by atomic mass is 9.97. The zero-order valence-electron chi connectivity index (χ0n) is 16.5. The maximum Gasteiger partial charge on any atom is 0.105 e. The van der Waals surface area contributed by atoms with Crippen LogP contribution < -0.4 is 0 Å². The average molecular weight is 337 g/mol. The van der Waals surface area contributed by atoms with E-state index in [9.17, 15) is 0 Å². The van der Waals surface area contributed by atoms with Crippen molar-refractivity contribution in [3.63, 3.8) is 0 Å². The van der Waals surface area contributed by atoms with Crippen LogP contribution in [0, 0.1) is 0 Å². The maximum atomic E-state index is 3.84. The zero-order valence-corrected chi connectivity index (χ0v) is 16.5. The number of hydrogen-bond donors (Lipinski definition) is 0. The molecule has 1 nitrogen and oxygen atoms in total. The fraction of sp³-hybridized carbons (Fsp3) is 0.417. The lowest BCUT2D eigenvalue weighted by Gasteiger charge is -2.37. The van der Waals surface area contributed by atoms with Gasteiger partial charge in [-0.1, -0.05) is 75.0 Å². The van der Waals surface area contributed by atoms with E-state index in [-0.39, 0.29) is 0 Å². The summed E-state index contributed by atoms with van der Waals surface area (Å²) >= 11 is 0. The van der Waals surface area contributed by atoms with Crippen LogP contribution in [0.25, 0.3) is 6.08 Å². The van der Waals surface area contributed by atoms with Gasteiger partial charge in [-0.25, -0.2) is 0 Å². The molecule has 25 heavy (non-hydrogen) atoms. The van der Waals surface area contributed by atoms with Crippen molar-refractivity contribution in [3.05, 3.63) is 77.4 Å². The van der Waals surface area contributed by atoms with Gasteiger partial charge in [0.05, 0.1) is 13.1 Å². The van der Waals surface area contributed by atoms with Gasteiger partial charge < -0.3 is 4.48 Å². The minimum Gasteiger partial charge on any atom is -0.317 e. The second-order valence-corrected chi connectivity index (χ2v) is 7.29. The monoisotopic (exact) mass is 336 g/mol. The Balaban J connectivity index is 2.16. The van der Waals surface area contributed by atoms with E-state index < -0.39 is 0 Å². The number of quaternary nitrogens is 1. The van der Waals surface area contributed by atoms with Gasteiger partial charge in [0, 0.05) is 11.1 Å². The summed E-state index contributed by atoms with van der Waals surface area (Å²) in [6.07, 6.45) is 3.11. The van der Waals surface area contributed by atoms with E-state index in [4.69, 9.17) is 0 Å². The summed E-state index contributed by atoms with van der Waals surface area (Å²) in [7, 11) is 0. The van der Waals surface area contributed by atoms with Gasteiger partial charge in [-0.3, -0.25) is 0 Å². The smallest absolute Gasteiger partial charge is 0.105 e. The Labute approximate surface area is 154 Å². The predicted molar refractivity (Wildman–Crippen MR) is 110 cm³/mol. The number of nitrogens with zero attached hydrogens (tertiary/aromatic N) is 1. The van der Waals surface area contributed by atoms with Crippen LogP contribution in [-0.2, 0) is 13.1 Å². The Kier molecular flexibility index (Phi) is 7.01. The first-order chi connectivity index (χ1) is 12.1. The van der Waals surface area contributed by atoms with Crippen LogP contribution in [-0.4, -0.2) is 17.6 Å². The molecule has 2 rings (SSSR count). The van der Waals surface area contributed by atoms with Gasteiger partial charge in [0.25, 0.3) is 0 Å². The van der Waals surface area contributed by atoms with Crippen molar-refractivity contribution >= 4 is 6.08 Å². The second kappa shape index (κ2) is 9.01. The summed E-state index contributed by atoms with van der Waals surface area (Å²) in [6.45, 7) is 17.5. The lowest BCUT2D eigenvalue weighted by molar-refractivity contribution is -0.950. The number of hydrogen-bond acceptors (Lipinski definition) is 0. The Bertz CT molecular complexity index is 647. The Morgan fingerprint density at radius 3 is 1.72 bits per heavy atom. The van der Waals surface area contributed by atoms with E-state index in [1.54, 1.807) is 0 Å². The van der Waals surface area contributed by atoms with Gasteiger partial charge in [0.1, 0.15) is 13.1 Å². The molecule has 0 aliphatic rings. The fourth-order valence-corrected chi connectivity index (χ4v) is 3.45. The van der Waals surface area contributed by atoms with Crippen molar-refractivity contribution in [2.75, 3.05) is 13.1 Å². The lowest BCUT2D eigenvalue weighted by Crippen LogP contribution is -2.46. The van der Waals surface area contributed by atoms with Crippen molar-refractivity contribution in [1.29, 1.82) is 0 Å². The molecule has 2 aromatic rings. The molecule has 0 aromatic heterocycles. The number of rotatable bonds is 9. The largest absolute Gasteiger partial charge is 0.317 e. The first-order valence-corrected chi connectivity index (χ1v) is 9.71. The van der Waals surface area contributed by atoms with Crippen molar-refractivity contribution in [2.45, 2.75) is 53.1 Å². The quantitative estimate of drug-likeness (QED) is 0.465. The standard InChI is InChI=1S/C24H34N/c1-6-20(5)24-16-14-23(15-17-24)19-25(8-3,9-4)18-22-12-10-21(7-2)11-13-22/h7,10-17,20H,2,6,8-9,18-19H2,1,3-5H3/q+1. The molecule has 0 fully saturated rings. The molecule has 0 amide bonds. The molecule has 2 aromatic carbocycles. The summed E-state index contributed by atoms with van der Waals surface area (Å²) in [5, 5.41) is 0. The molecular formula is C24H34N+. The average Bonchev–Trinajstić information content (AvgIpc) is 2.68.